The van der Waals surface area contributed by atoms with Crippen LogP contribution in [0.2, 0.25) is 0 Å². The Morgan fingerprint density at radius 3 is 2.65 bits per heavy atom. The normalized spacial score (nSPS) is 12.8. The number of hydrogen-bond acceptors (Lipinski definition) is 2. The summed E-state index contributed by atoms with van der Waals surface area (Å²) in [5, 5.41) is 4.58. The summed E-state index contributed by atoms with van der Waals surface area (Å²) in [5.74, 6) is -0.250. The van der Waals surface area contributed by atoms with Crippen LogP contribution in [0.4, 0.5) is 4.39 Å². The molecule has 1 aromatic carbocycles. The highest BCUT2D eigenvalue weighted by molar-refractivity contribution is 5.21. The number of benzene rings is 1. The van der Waals surface area contributed by atoms with E-state index in [9.17, 15) is 4.39 Å². The van der Waals surface area contributed by atoms with E-state index in [1.54, 1.807) is 6.07 Å². The Morgan fingerprint density at radius 1 is 1.25 bits per heavy atom. The van der Waals surface area contributed by atoms with Crippen molar-refractivity contribution in [2.75, 3.05) is 0 Å². The van der Waals surface area contributed by atoms with Crippen molar-refractivity contribution in [3.05, 3.63) is 53.6 Å². The van der Waals surface area contributed by atoms with Gasteiger partial charge in [0.25, 0.3) is 0 Å². The van der Waals surface area contributed by atoms with E-state index < -0.39 is 0 Å². The minimum absolute atomic E-state index is 0.226. The van der Waals surface area contributed by atoms with Crippen LogP contribution < -0.4 is 5.73 Å². The van der Waals surface area contributed by atoms with Gasteiger partial charge in [0.15, 0.2) is 0 Å². The Bertz CT molecular complexity index is 546. The highest BCUT2D eigenvalue weighted by atomic mass is 19.1. The van der Waals surface area contributed by atoms with Gasteiger partial charge in [-0.3, -0.25) is 4.68 Å². The summed E-state index contributed by atoms with van der Waals surface area (Å²) in [6, 6.07) is 8.67. The van der Waals surface area contributed by atoms with Gasteiger partial charge in [0.05, 0.1) is 11.7 Å². The largest absolute Gasteiger partial charge is 0.324 e. The molecule has 1 atom stereocenters. The second-order valence-corrected chi connectivity index (χ2v) is 5.12. The lowest BCUT2D eigenvalue weighted by molar-refractivity contribution is 0.424. The number of rotatable bonds is 6. The zero-order valence-electron chi connectivity index (χ0n) is 12.1. The fourth-order valence-electron chi connectivity index (χ4n) is 2.43. The molecule has 108 valence electrons. The van der Waals surface area contributed by atoms with Gasteiger partial charge in [-0.25, -0.2) is 4.39 Å². The van der Waals surface area contributed by atoms with E-state index in [0.717, 1.165) is 24.1 Å². The summed E-state index contributed by atoms with van der Waals surface area (Å²) in [7, 11) is 0. The first kappa shape index (κ1) is 14.7. The Kier molecular flexibility index (Phi) is 4.90. The van der Waals surface area contributed by atoms with Crippen molar-refractivity contribution in [3.8, 4) is 0 Å². The van der Waals surface area contributed by atoms with Crippen molar-refractivity contribution in [3.63, 3.8) is 0 Å². The monoisotopic (exact) mass is 275 g/mol. The quantitative estimate of drug-likeness (QED) is 0.875. The van der Waals surface area contributed by atoms with Gasteiger partial charge < -0.3 is 5.73 Å². The molecule has 0 saturated carbocycles. The predicted octanol–water partition coefficient (Wildman–Crippen LogP) is 3.63. The molecule has 4 heteroatoms. The lowest BCUT2D eigenvalue weighted by Crippen LogP contribution is -2.14. The van der Waals surface area contributed by atoms with E-state index in [-0.39, 0.29) is 11.9 Å². The standard InChI is InChI=1S/C16H22FN3/c1-3-15(4-2)20-9-8-14(19-20)11-16(18)12-6-5-7-13(17)10-12/h5-10,15-16H,3-4,11,18H2,1-2H3. The molecule has 0 spiro atoms. The van der Waals surface area contributed by atoms with Gasteiger partial charge in [0.2, 0.25) is 0 Å². The lowest BCUT2D eigenvalue weighted by Gasteiger charge is -2.13. The molecular weight excluding hydrogens is 253 g/mol. The maximum Gasteiger partial charge on any atom is 0.123 e. The first-order chi connectivity index (χ1) is 9.63. The molecule has 2 rings (SSSR count). The van der Waals surface area contributed by atoms with Crippen LogP contribution in [0, 0.1) is 5.82 Å². The van der Waals surface area contributed by atoms with Crippen molar-refractivity contribution >= 4 is 0 Å². The molecular formula is C16H22FN3. The molecule has 2 N–H and O–H groups in total. The van der Waals surface area contributed by atoms with E-state index in [0.29, 0.717) is 12.5 Å². The maximum atomic E-state index is 13.2. The fourth-order valence-corrected chi connectivity index (χ4v) is 2.43. The minimum atomic E-state index is -0.250. The van der Waals surface area contributed by atoms with E-state index >= 15 is 0 Å². The van der Waals surface area contributed by atoms with Crippen LogP contribution in [0.3, 0.4) is 0 Å². The molecule has 1 unspecified atom stereocenters. The Hall–Kier alpha value is -1.68. The van der Waals surface area contributed by atoms with Gasteiger partial charge in [-0.2, -0.15) is 5.10 Å². The van der Waals surface area contributed by atoms with Gasteiger partial charge in [-0.15, -0.1) is 0 Å². The number of nitrogens with two attached hydrogens (primary N) is 1. The Balaban J connectivity index is 2.06. The molecule has 0 radical (unpaired) electrons. The third-order valence-corrected chi connectivity index (χ3v) is 3.69. The molecule has 1 aromatic heterocycles. The molecule has 0 aliphatic carbocycles. The number of aromatic nitrogens is 2. The van der Waals surface area contributed by atoms with Gasteiger partial charge in [0.1, 0.15) is 5.82 Å². The maximum absolute atomic E-state index is 13.2. The highest BCUT2D eigenvalue weighted by Crippen LogP contribution is 2.18. The van der Waals surface area contributed by atoms with E-state index in [1.807, 2.05) is 23.0 Å². The second-order valence-electron chi connectivity index (χ2n) is 5.12. The van der Waals surface area contributed by atoms with Gasteiger partial charge >= 0.3 is 0 Å². The fraction of sp³-hybridized carbons (Fsp3) is 0.438. The van der Waals surface area contributed by atoms with Crippen LogP contribution in [-0.4, -0.2) is 9.78 Å². The smallest absolute Gasteiger partial charge is 0.123 e. The molecule has 2 aromatic rings. The zero-order chi connectivity index (χ0) is 14.5. The van der Waals surface area contributed by atoms with E-state index in [1.165, 1.54) is 12.1 Å². The van der Waals surface area contributed by atoms with Gasteiger partial charge in [0, 0.05) is 18.7 Å². The van der Waals surface area contributed by atoms with Crippen LogP contribution in [0.5, 0.6) is 0 Å². The molecule has 0 fully saturated rings. The summed E-state index contributed by atoms with van der Waals surface area (Å²) in [4.78, 5) is 0. The molecule has 0 amide bonds. The summed E-state index contributed by atoms with van der Waals surface area (Å²) in [6.45, 7) is 4.32. The third kappa shape index (κ3) is 3.45. The van der Waals surface area contributed by atoms with Crippen molar-refractivity contribution in [1.29, 1.82) is 0 Å². The van der Waals surface area contributed by atoms with Crippen molar-refractivity contribution in [2.45, 2.75) is 45.2 Å². The first-order valence-electron chi connectivity index (χ1n) is 7.19. The molecule has 0 saturated heterocycles. The number of nitrogens with zero attached hydrogens (tertiary/aromatic N) is 2. The minimum Gasteiger partial charge on any atom is -0.324 e. The average Bonchev–Trinajstić information content (AvgIpc) is 2.88. The summed E-state index contributed by atoms with van der Waals surface area (Å²) < 4.78 is 15.2. The lowest BCUT2D eigenvalue weighted by atomic mass is 10.0. The average molecular weight is 275 g/mol. The third-order valence-electron chi connectivity index (χ3n) is 3.69. The Labute approximate surface area is 119 Å². The van der Waals surface area contributed by atoms with Crippen LogP contribution in [0.15, 0.2) is 36.5 Å². The molecule has 20 heavy (non-hydrogen) atoms. The second kappa shape index (κ2) is 6.66. The van der Waals surface area contributed by atoms with Crippen LogP contribution in [0.1, 0.15) is 50.0 Å². The van der Waals surface area contributed by atoms with E-state index in [2.05, 4.69) is 18.9 Å². The Morgan fingerprint density at radius 2 is 2.00 bits per heavy atom. The highest BCUT2D eigenvalue weighted by Gasteiger charge is 2.12. The van der Waals surface area contributed by atoms with Crippen LogP contribution >= 0.6 is 0 Å². The SMILES string of the molecule is CCC(CC)n1ccc(CC(N)c2cccc(F)c2)n1. The number of hydrogen-bond donors (Lipinski definition) is 1. The predicted molar refractivity (Wildman–Crippen MR) is 78.9 cm³/mol. The van der Waals surface area contributed by atoms with Crippen molar-refractivity contribution < 1.29 is 4.39 Å². The molecule has 0 aliphatic heterocycles. The van der Waals surface area contributed by atoms with Crippen LogP contribution in [0.25, 0.3) is 0 Å². The van der Waals surface area contributed by atoms with Crippen molar-refractivity contribution in [2.24, 2.45) is 5.73 Å². The van der Waals surface area contributed by atoms with Gasteiger partial charge in [-0.05, 0) is 36.6 Å². The topological polar surface area (TPSA) is 43.8 Å². The molecule has 0 aliphatic rings. The summed E-state index contributed by atoms with van der Waals surface area (Å²) >= 11 is 0. The molecule has 1 heterocycles. The zero-order valence-corrected chi connectivity index (χ0v) is 12.1. The summed E-state index contributed by atoms with van der Waals surface area (Å²) in [6.07, 6.45) is 4.75. The van der Waals surface area contributed by atoms with E-state index in [4.69, 9.17) is 5.73 Å². The van der Waals surface area contributed by atoms with Crippen LogP contribution in [-0.2, 0) is 6.42 Å². The molecule has 0 bridgehead atoms. The van der Waals surface area contributed by atoms with Crippen molar-refractivity contribution in [1.82, 2.24) is 9.78 Å². The first-order valence-corrected chi connectivity index (χ1v) is 7.19. The van der Waals surface area contributed by atoms with Gasteiger partial charge in [-0.1, -0.05) is 26.0 Å². The summed E-state index contributed by atoms with van der Waals surface area (Å²) in [5.41, 5.74) is 7.89. The number of halogens is 1. The molecule has 3 nitrogen and oxygen atoms in total.